The van der Waals surface area contributed by atoms with E-state index in [9.17, 15) is 31.9 Å². The summed E-state index contributed by atoms with van der Waals surface area (Å²) in [5, 5.41) is -0.241. The summed E-state index contributed by atoms with van der Waals surface area (Å²) in [6.07, 6.45) is -4.72. The fraction of sp³-hybridized carbons (Fsp3) is 0.364. The third-order valence-electron chi connectivity index (χ3n) is 5.43. The van der Waals surface area contributed by atoms with Crippen molar-refractivity contribution in [1.29, 1.82) is 0 Å². The fourth-order valence-electron chi connectivity index (χ4n) is 3.52. The van der Waals surface area contributed by atoms with Crippen LogP contribution in [-0.4, -0.2) is 72.9 Å². The van der Waals surface area contributed by atoms with Gasteiger partial charge in [0.15, 0.2) is 0 Å². The molecular weight excluding hydrogens is 494 g/mol. The van der Waals surface area contributed by atoms with E-state index < -0.39 is 48.0 Å². The van der Waals surface area contributed by atoms with Gasteiger partial charge in [0.2, 0.25) is 5.91 Å². The van der Waals surface area contributed by atoms with Crippen LogP contribution < -0.4 is 9.80 Å². The number of hydrogen-bond donors (Lipinski definition) is 0. The molecule has 35 heavy (non-hydrogen) atoms. The van der Waals surface area contributed by atoms with E-state index in [0.29, 0.717) is 6.07 Å². The fourth-order valence-corrected chi connectivity index (χ4v) is 3.69. The number of pyridine rings is 1. The number of carbonyl (C=O) groups excluding carboxylic acids is 3. The maximum absolute atomic E-state index is 13.6. The Bertz CT molecular complexity index is 1170. The highest BCUT2D eigenvalue weighted by molar-refractivity contribution is 6.31. The van der Waals surface area contributed by atoms with E-state index in [0.717, 1.165) is 26.8 Å². The van der Waals surface area contributed by atoms with Crippen LogP contribution in [0.3, 0.4) is 0 Å². The number of aryl methyl sites for hydroxylation is 1. The van der Waals surface area contributed by atoms with Gasteiger partial charge in [-0.15, -0.1) is 0 Å². The lowest BCUT2D eigenvalue weighted by atomic mass is 10.1. The molecule has 0 saturated carbocycles. The van der Waals surface area contributed by atoms with E-state index in [4.69, 9.17) is 11.6 Å². The van der Waals surface area contributed by atoms with Crippen LogP contribution in [0.5, 0.6) is 0 Å². The number of nitrogens with zero attached hydrogens (tertiary/aromatic N) is 5. The predicted molar refractivity (Wildman–Crippen MR) is 121 cm³/mol. The molecule has 3 rings (SSSR count). The van der Waals surface area contributed by atoms with Crippen LogP contribution in [0.1, 0.15) is 11.3 Å². The maximum Gasteiger partial charge on any atom is 0.416 e. The van der Waals surface area contributed by atoms with Crippen molar-refractivity contribution in [3.05, 3.63) is 52.4 Å². The molecule has 1 aliphatic heterocycles. The number of aromatic nitrogens is 1. The SMILES string of the molecule is Cc1cc(C(F)(F)F)cc(N2C(=O)N(CC(=O)N(C)C)CC2C(=O)N(C)c2ccc(F)c(Cl)c2)n1. The summed E-state index contributed by atoms with van der Waals surface area (Å²) in [5.41, 5.74) is -0.861. The highest BCUT2D eigenvalue weighted by atomic mass is 35.5. The first-order valence-electron chi connectivity index (χ1n) is 10.3. The largest absolute Gasteiger partial charge is 0.416 e. The zero-order chi connectivity index (χ0) is 26.2. The number of hydrogen-bond acceptors (Lipinski definition) is 4. The lowest BCUT2D eigenvalue weighted by Gasteiger charge is -2.27. The van der Waals surface area contributed by atoms with Crippen molar-refractivity contribution in [3.63, 3.8) is 0 Å². The monoisotopic (exact) mass is 515 g/mol. The van der Waals surface area contributed by atoms with Crippen LogP contribution >= 0.6 is 11.6 Å². The molecule has 1 saturated heterocycles. The number of anilines is 2. The first-order chi connectivity index (χ1) is 16.2. The molecule has 1 fully saturated rings. The Hall–Kier alpha value is -3.41. The van der Waals surface area contributed by atoms with Crippen molar-refractivity contribution in [1.82, 2.24) is 14.8 Å². The number of amides is 4. The third kappa shape index (κ3) is 5.47. The van der Waals surface area contributed by atoms with E-state index >= 15 is 0 Å². The Labute approximate surface area is 203 Å². The van der Waals surface area contributed by atoms with E-state index in [-0.39, 0.29) is 28.8 Å². The average Bonchev–Trinajstić information content (AvgIpc) is 3.09. The third-order valence-corrected chi connectivity index (χ3v) is 5.72. The molecule has 1 aromatic carbocycles. The number of halogens is 5. The lowest BCUT2D eigenvalue weighted by Crippen LogP contribution is -2.47. The highest BCUT2D eigenvalue weighted by Gasteiger charge is 2.46. The van der Waals surface area contributed by atoms with E-state index in [1.165, 1.54) is 45.1 Å². The number of benzene rings is 1. The molecule has 2 heterocycles. The minimum Gasteiger partial charge on any atom is -0.347 e. The topological polar surface area (TPSA) is 77.1 Å². The molecular formula is C22H22ClF4N5O3. The van der Waals surface area contributed by atoms with Crippen molar-refractivity contribution in [2.24, 2.45) is 0 Å². The first-order valence-corrected chi connectivity index (χ1v) is 10.6. The van der Waals surface area contributed by atoms with Gasteiger partial charge in [0.05, 0.1) is 17.1 Å². The second kappa shape index (κ2) is 9.68. The maximum atomic E-state index is 13.6. The van der Waals surface area contributed by atoms with Gasteiger partial charge in [0.1, 0.15) is 24.2 Å². The van der Waals surface area contributed by atoms with Gasteiger partial charge in [-0.25, -0.2) is 14.2 Å². The summed E-state index contributed by atoms with van der Waals surface area (Å²) in [4.78, 5) is 47.2. The minimum absolute atomic E-state index is 0.0182. The van der Waals surface area contributed by atoms with Crippen molar-refractivity contribution < 1.29 is 31.9 Å². The highest BCUT2D eigenvalue weighted by Crippen LogP contribution is 2.34. The molecule has 188 valence electrons. The van der Waals surface area contributed by atoms with Gasteiger partial charge in [-0.2, -0.15) is 13.2 Å². The average molecular weight is 516 g/mol. The standard InChI is InChI=1S/C22H22ClF4N5O3/c1-12-7-13(22(25,26)27)8-18(28-12)32-17(10-31(21(32)35)11-19(33)29(2)3)20(34)30(4)14-5-6-16(24)15(23)9-14/h5-9,17H,10-11H2,1-4H3. The number of likely N-dealkylation sites (N-methyl/N-ethyl adjacent to an activating group) is 2. The van der Waals surface area contributed by atoms with Gasteiger partial charge in [-0.3, -0.25) is 14.5 Å². The van der Waals surface area contributed by atoms with Crippen LogP contribution in [0.4, 0.5) is 33.9 Å². The van der Waals surface area contributed by atoms with Gasteiger partial charge in [-0.05, 0) is 37.3 Å². The number of urea groups is 1. The molecule has 0 spiro atoms. The van der Waals surface area contributed by atoms with E-state index in [1.807, 2.05) is 0 Å². The Balaban J connectivity index is 2.05. The van der Waals surface area contributed by atoms with Crippen molar-refractivity contribution in [2.75, 3.05) is 44.0 Å². The minimum atomic E-state index is -4.72. The molecule has 4 amide bonds. The Morgan fingerprint density at radius 2 is 1.83 bits per heavy atom. The second-order valence-electron chi connectivity index (χ2n) is 8.19. The van der Waals surface area contributed by atoms with E-state index in [2.05, 4.69) is 4.98 Å². The normalized spacial score (nSPS) is 16.0. The molecule has 0 aliphatic carbocycles. The quantitative estimate of drug-likeness (QED) is 0.571. The summed E-state index contributed by atoms with van der Waals surface area (Å²) < 4.78 is 53.9. The lowest BCUT2D eigenvalue weighted by molar-refractivity contribution is -0.137. The smallest absolute Gasteiger partial charge is 0.347 e. The molecule has 1 atom stereocenters. The van der Waals surface area contributed by atoms with Crippen molar-refractivity contribution >= 4 is 41.0 Å². The summed E-state index contributed by atoms with van der Waals surface area (Å²) in [6, 6.07) is 2.88. The van der Waals surface area contributed by atoms with Gasteiger partial charge < -0.3 is 14.7 Å². The molecule has 0 bridgehead atoms. The molecule has 1 aliphatic rings. The molecule has 13 heteroatoms. The molecule has 8 nitrogen and oxygen atoms in total. The zero-order valence-electron chi connectivity index (χ0n) is 19.2. The Morgan fingerprint density at radius 1 is 1.17 bits per heavy atom. The molecule has 1 aromatic heterocycles. The van der Waals surface area contributed by atoms with Crippen LogP contribution in [-0.2, 0) is 15.8 Å². The van der Waals surface area contributed by atoms with Crippen LogP contribution in [0, 0.1) is 12.7 Å². The van der Waals surface area contributed by atoms with Crippen LogP contribution in [0.2, 0.25) is 5.02 Å². The Kier molecular flexibility index (Phi) is 7.25. The number of alkyl halides is 3. The number of rotatable bonds is 5. The summed E-state index contributed by atoms with van der Waals surface area (Å²) in [6.45, 7) is 0.653. The first kappa shape index (κ1) is 26.2. The molecule has 1 unspecified atom stereocenters. The summed E-state index contributed by atoms with van der Waals surface area (Å²) in [7, 11) is 4.31. The van der Waals surface area contributed by atoms with Gasteiger partial charge >= 0.3 is 12.2 Å². The Morgan fingerprint density at radius 3 is 2.40 bits per heavy atom. The van der Waals surface area contributed by atoms with Crippen molar-refractivity contribution in [2.45, 2.75) is 19.1 Å². The van der Waals surface area contributed by atoms with Crippen LogP contribution in [0.25, 0.3) is 0 Å². The van der Waals surface area contributed by atoms with Crippen LogP contribution in [0.15, 0.2) is 30.3 Å². The zero-order valence-corrected chi connectivity index (χ0v) is 20.0. The summed E-state index contributed by atoms with van der Waals surface area (Å²) in [5.74, 6) is -2.23. The predicted octanol–water partition coefficient (Wildman–Crippen LogP) is 3.56. The van der Waals surface area contributed by atoms with Gasteiger partial charge in [0, 0.05) is 32.5 Å². The molecule has 0 N–H and O–H groups in total. The summed E-state index contributed by atoms with van der Waals surface area (Å²) >= 11 is 5.81. The van der Waals surface area contributed by atoms with Gasteiger partial charge in [0.25, 0.3) is 5.91 Å². The molecule has 2 aromatic rings. The van der Waals surface area contributed by atoms with E-state index in [1.54, 1.807) is 0 Å². The number of carbonyl (C=O) groups is 3. The van der Waals surface area contributed by atoms with Gasteiger partial charge in [-0.1, -0.05) is 11.6 Å². The second-order valence-corrected chi connectivity index (χ2v) is 8.59. The van der Waals surface area contributed by atoms with Crippen molar-refractivity contribution in [3.8, 4) is 0 Å². The molecule has 0 radical (unpaired) electrons.